The molecule has 1 aliphatic heterocycles. The summed E-state index contributed by atoms with van der Waals surface area (Å²) in [5.41, 5.74) is 0. The number of hydrogen-bond donors (Lipinski definition) is 1. The molecule has 1 N–H and O–H groups in total. The summed E-state index contributed by atoms with van der Waals surface area (Å²) >= 11 is 2.86. The second-order valence-corrected chi connectivity index (χ2v) is 3.31. The Bertz CT molecular complexity index is 243. The maximum Gasteiger partial charge on any atom is 0.299 e. The molecule has 0 aliphatic carbocycles. The van der Waals surface area contributed by atoms with Crippen molar-refractivity contribution in [1.82, 2.24) is 4.90 Å². The molecule has 12 heavy (non-hydrogen) atoms. The number of likely N-dealkylation sites (tertiary alicyclic amines) is 1. The molecule has 4 heteroatoms. The predicted molar refractivity (Wildman–Crippen MR) is 48.5 cm³/mol. The van der Waals surface area contributed by atoms with Crippen LogP contribution >= 0.6 is 15.9 Å². The average molecular weight is 232 g/mol. The molecule has 66 valence electrons. The van der Waals surface area contributed by atoms with Crippen molar-refractivity contribution in [2.45, 2.75) is 25.5 Å². The largest absolute Gasteiger partial charge is 0.391 e. The third kappa shape index (κ3) is 1.99. The Labute approximate surface area is 79.9 Å². The minimum Gasteiger partial charge on any atom is -0.391 e. The first-order valence-electron chi connectivity index (χ1n) is 3.75. The van der Waals surface area contributed by atoms with Gasteiger partial charge in [-0.1, -0.05) is 0 Å². The molecule has 0 saturated carbocycles. The highest BCUT2D eigenvalue weighted by atomic mass is 79.9. The monoisotopic (exact) mass is 231 g/mol. The van der Waals surface area contributed by atoms with Crippen molar-refractivity contribution in [2.75, 3.05) is 6.54 Å². The first kappa shape index (κ1) is 9.56. The second-order valence-electron chi connectivity index (χ2n) is 2.92. The summed E-state index contributed by atoms with van der Waals surface area (Å²) in [6.45, 7) is 2.31. The standard InChI is InChI=1S/C8H10BrNO2/c1-6-4-7(11)5-10(6)8(12)2-3-9/h6-7,11H,4-5H2,1H3. The third-order valence-electron chi connectivity index (χ3n) is 1.97. The average Bonchev–Trinajstić information content (AvgIpc) is 2.30. The van der Waals surface area contributed by atoms with E-state index in [4.69, 9.17) is 0 Å². The Morgan fingerprint density at radius 1 is 1.75 bits per heavy atom. The van der Waals surface area contributed by atoms with Crippen LogP contribution in [0.2, 0.25) is 0 Å². The van der Waals surface area contributed by atoms with Crippen molar-refractivity contribution >= 4 is 21.8 Å². The minimum atomic E-state index is -0.388. The van der Waals surface area contributed by atoms with Crippen LogP contribution in [0.25, 0.3) is 0 Å². The van der Waals surface area contributed by atoms with Gasteiger partial charge in [0.15, 0.2) is 0 Å². The number of β-amino-alcohol motifs (C(OH)–C–C–N with tert-alkyl or cyclic N) is 1. The molecule has 0 radical (unpaired) electrons. The fourth-order valence-electron chi connectivity index (χ4n) is 1.40. The lowest BCUT2D eigenvalue weighted by Crippen LogP contribution is -2.33. The molecular weight excluding hydrogens is 222 g/mol. The van der Waals surface area contributed by atoms with Crippen LogP contribution in [0.1, 0.15) is 13.3 Å². The fraction of sp³-hybridized carbons (Fsp3) is 0.625. The van der Waals surface area contributed by atoms with Crippen LogP contribution < -0.4 is 0 Å². The smallest absolute Gasteiger partial charge is 0.299 e. The van der Waals surface area contributed by atoms with Gasteiger partial charge in [-0.05, 0) is 18.2 Å². The summed E-state index contributed by atoms with van der Waals surface area (Å²) in [5.74, 6) is 2.15. The van der Waals surface area contributed by atoms with Gasteiger partial charge in [0, 0.05) is 34.4 Å². The van der Waals surface area contributed by atoms with E-state index in [-0.39, 0.29) is 18.1 Å². The van der Waals surface area contributed by atoms with Gasteiger partial charge in [0.1, 0.15) is 0 Å². The highest BCUT2D eigenvalue weighted by molar-refractivity contribution is 9.12. The van der Waals surface area contributed by atoms with Crippen LogP contribution in [0.3, 0.4) is 0 Å². The SMILES string of the molecule is CC1CC(O)CN1C(=O)C#CBr. The van der Waals surface area contributed by atoms with E-state index in [1.807, 2.05) is 6.92 Å². The summed E-state index contributed by atoms with van der Waals surface area (Å²) in [5, 5.41) is 9.23. The number of nitrogens with zero attached hydrogens (tertiary/aromatic N) is 1. The van der Waals surface area contributed by atoms with Crippen molar-refractivity contribution in [2.24, 2.45) is 0 Å². The Morgan fingerprint density at radius 2 is 2.42 bits per heavy atom. The molecule has 1 saturated heterocycles. The number of carbonyl (C=O) groups is 1. The summed E-state index contributed by atoms with van der Waals surface area (Å²) in [6.07, 6.45) is 0.261. The summed E-state index contributed by atoms with van der Waals surface area (Å²) in [7, 11) is 0. The lowest BCUT2D eigenvalue weighted by Gasteiger charge is -2.17. The number of aliphatic hydroxyl groups is 1. The van der Waals surface area contributed by atoms with Crippen LogP contribution in [-0.2, 0) is 4.79 Å². The van der Waals surface area contributed by atoms with E-state index < -0.39 is 0 Å². The minimum absolute atomic E-state index is 0.0980. The molecule has 1 amide bonds. The number of amides is 1. The third-order valence-corrected chi connectivity index (χ3v) is 2.17. The van der Waals surface area contributed by atoms with Crippen molar-refractivity contribution < 1.29 is 9.90 Å². The topological polar surface area (TPSA) is 40.5 Å². The van der Waals surface area contributed by atoms with Gasteiger partial charge >= 0.3 is 0 Å². The summed E-state index contributed by atoms with van der Waals surface area (Å²) in [6, 6.07) is 0.0980. The van der Waals surface area contributed by atoms with Crippen LogP contribution in [0.4, 0.5) is 0 Å². The van der Waals surface area contributed by atoms with Gasteiger partial charge < -0.3 is 10.0 Å². The molecule has 0 bridgehead atoms. The highest BCUT2D eigenvalue weighted by Crippen LogP contribution is 2.16. The van der Waals surface area contributed by atoms with Gasteiger partial charge in [-0.2, -0.15) is 0 Å². The zero-order valence-electron chi connectivity index (χ0n) is 6.75. The van der Waals surface area contributed by atoms with Gasteiger partial charge in [0.05, 0.1) is 6.10 Å². The van der Waals surface area contributed by atoms with Gasteiger partial charge in [0.2, 0.25) is 0 Å². The van der Waals surface area contributed by atoms with Gasteiger partial charge in [-0.15, -0.1) is 0 Å². The molecule has 1 rings (SSSR count). The van der Waals surface area contributed by atoms with Crippen molar-refractivity contribution in [3.8, 4) is 10.8 Å². The van der Waals surface area contributed by atoms with Gasteiger partial charge in [-0.25, -0.2) is 0 Å². The molecule has 0 spiro atoms. The zero-order valence-corrected chi connectivity index (χ0v) is 8.34. The van der Waals surface area contributed by atoms with Gasteiger partial charge in [0.25, 0.3) is 5.91 Å². The Kier molecular flexibility index (Phi) is 3.12. The molecule has 3 nitrogen and oxygen atoms in total. The Hall–Kier alpha value is -0.530. The van der Waals surface area contributed by atoms with E-state index in [2.05, 4.69) is 26.7 Å². The maximum atomic E-state index is 11.2. The Balaban J connectivity index is 2.62. The van der Waals surface area contributed by atoms with E-state index >= 15 is 0 Å². The second kappa shape index (κ2) is 3.92. The first-order chi connectivity index (χ1) is 5.65. The summed E-state index contributed by atoms with van der Waals surface area (Å²) in [4.78, 5) is 15.2. The maximum absolute atomic E-state index is 11.2. The van der Waals surface area contributed by atoms with E-state index in [1.165, 1.54) is 0 Å². The number of halogens is 1. The molecular formula is C8H10BrNO2. The molecule has 0 aromatic heterocycles. The fourth-order valence-corrected chi connectivity index (χ4v) is 1.57. The number of rotatable bonds is 0. The molecule has 1 heterocycles. The normalized spacial score (nSPS) is 28.1. The van der Waals surface area contributed by atoms with Crippen molar-refractivity contribution in [3.63, 3.8) is 0 Å². The first-order valence-corrected chi connectivity index (χ1v) is 4.54. The Morgan fingerprint density at radius 3 is 2.83 bits per heavy atom. The molecule has 2 atom stereocenters. The predicted octanol–water partition coefficient (Wildman–Crippen LogP) is 0.324. The van der Waals surface area contributed by atoms with E-state index in [0.717, 1.165) is 0 Å². The lowest BCUT2D eigenvalue weighted by atomic mass is 10.2. The van der Waals surface area contributed by atoms with E-state index in [1.54, 1.807) is 4.90 Å². The van der Waals surface area contributed by atoms with E-state index in [0.29, 0.717) is 13.0 Å². The lowest BCUT2D eigenvalue weighted by molar-refractivity contribution is -0.125. The van der Waals surface area contributed by atoms with Crippen LogP contribution in [0, 0.1) is 10.8 Å². The van der Waals surface area contributed by atoms with E-state index in [9.17, 15) is 9.90 Å². The summed E-state index contributed by atoms with van der Waals surface area (Å²) < 4.78 is 0. The van der Waals surface area contributed by atoms with Crippen molar-refractivity contribution in [1.29, 1.82) is 0 Å². The number of carbonyl (C=O) groups excluding carboxylic acids is 1. The van der Waals surface area contributed by atoms with Crippen LogP contribution in [0.5, 0.6) is 0 Å². The van der Waals surface area contributed by atoms with Crippen molar-refractivity contribution in [3.05, 3.63) is 0 Å². The quantitative estimate of drug-likeness (QED) is 0.611. The molecule has 2 unspecified atom stereocenters. The van der Waals surface area contributed by atoms with Crippen LogP contribution in [0.15, 0.2) is 0 Å². The molecule has 0 aromatic rings. The molecule has 1 fully saturated rings. The van der Waals surface area contributed by atoms with Crippen LogP contribution in [-0.4, -0.2) is 34.6 Å². The highest BCUT2D eigenvalue weighted by Gasteiger charge is 2.30. The number of hydrogen-bond acceptors (Lipinski definition) is 2. The molecule has 1 aliphatic rings. The zero-order chi connectivity index (χ0) is 9.14. The number of aliphatic hydroxyl groups excluding tert-OH is 1. The van der Waals surface area contributed by atoms with Gasteiger partial charge in [-0.3, -0.25) is 4.79 Å². The molecule has 0 aromatic carbocycles.